The molecule has 1 aliphatic carbocycles. The molecule has 9 heteroatoms. The van der Waals surface area contributed by atoms with Crippen LogP contribution in [-0.4, -0.2) is 50.9 Å². The molecule has 30 heavy (non-hydrogen) atoms. The lowest BCUT2D eigenvalue weighted by atomic mass is 9.91. The van der Waals surface area contributed by atoms with Crippen molar-refractivity contribution in [3.8, 4) is 5.88 Å². The molecule has 1 saturated carbocycles. The molecule has 156 valence electrons. The molecule has 1 aliphatic heterocycles. The Labute approximate surface area is 173 Å². The van der Waals surface area contributed by atoms with Gasteiger partial charge in [-0.15, -0.1) is 0 Å². The van der Waals surface area contributed by atoms with Crippen LogP contribution in [0, 0.1) is 0 Å². The Bertz CT molecular complexity index is 943. The van der Waals surface area contributed by atoms with Crippen LogP contribution in [0.5, 0.6) is 5.88 Å². The molecule has 0 radical (unpaired) electrons. The molecular formula is C21H23N5O4. The number of aromatic nitrogens is 2. The van der Waals surface area contributed by atoms with E-state index in [4.69, 9.17) is 10.5 Å². The molecule has 1 atom stereocenters. The van der Waals surface area contributed by atoms with E-state index in [9.17, 15) is 14.4 Å². The predicted molar refractivity (Wildman–Crippen MR) is 107 cm³/mol. The summed E-state index contributed by atoms with van der Waals surface area (Å²) in [7, 11) is 0. The van der Waals surface area contributed by atoms with Crippen molar-refractivity contribution in [3.63, 3.8) is 0 Å². The lowest BCUT2D eigenvalue weighted by molar-refractivity contribution is -0.129. The molecule has 1 unspecified atom stereocenters. The number of rotatable bonds is 6. The van der Waals surface area contributed by atoms with Gasteiger partial charge in [-0.1, -0.05) is 0 Å². The highest BCUT2D eigenvalue weighted by Crippen LogP contribution is 2.29. The summed E-state index contributed by atoms with van der Waals surface area (Å²) in [6.07, 6.45) is 7.72. The van der Waals surface area contributed by atoms with Crippen molar-refractivity contribution >= 4 is 17.8 Å². The van der Waals surface area contributed by atoms with Gasteiger partial charge in [0.1, 0.15) is 17.7 Å². The number of ether oxygens (including phenoxy) is 1. The Balaban J connectivity index is 1.35. The Morgan fingerprint density at radius 3 is 2.57 bits per heavy atom. The number of hydrogen-bond donors (Lipinski definition) is 2. The Kier molecular flexibility index (Phi) is 5.60. The maximum atomic E-state index is 12.8. The summed E-state index contributed by atoms with van der Waals surface area (Å²) in [5, 5.41) is 2.79. The van der Waals surface area contributed by atoms with Crippen LogP contribution in [0.4, 0.5) is 4.79 Å². The van der Waals surface area contributed by atoms with Crippen LogP contribution in [0.3, 0.4) is 0 Å². The molecule has 9 nitrogen and oxygen atoms in total. The first-order valence-corrected chi connectivity index (χ1v) is 9.97. The summed E-state index contributed by atoms with van der Waals surface area (Å²) in [6.45, 7) is 0. The minimum absolute atomic E-state index is 0.150. The number of primary amides is 1. The van der Waals surface area contributed by atoms with Gasteiger partial charge in [-0.3, -0.25) is 19.5 Å². The molecular weight excluding hydrogens is 386 g/mol. The second kappa shape index (κ2) is 8.48. The van der Waals surface area contributed by atoms with Crippen LogP contribution in [-0.2, 0) is 11.2 Å². The van der Waals surface area contributed by atoms with Gasteiger partial charge >= 0.3 is 6.03 Å². The zero-order chi connectivity index (χ0) is 21.1. The molecule has 3 heterocycles. The van der Waals surface area contributed by atoms with E-state index in [0.717, 1.165) is 5.56 Å². The number of nitrogens with one attached hydrogen (secondary N) is 1. The molecule has 2 aromatic heterocycles. The Morgan fingerprint density at radius 1 is 1.13 bits per heavy atom. The average Bonchev–Trinajstić information content (AvgIpc) is 3.02. The molecule has 2 aliphatic rings. The molecule has 0 aromatic carbocycles. The number of nitrogens with zero attached hydrogens (tertiary/aromatic N) is 3. The van der Waals surface area contributed by atoms with E-state index in [1.165, 1.54) is 4.90 Å². The highest BCUT2D eigenvalue weighted by atomic mass is 16.5. The number of nitrogens with two attached hydrogens (primary N) is 1. The zero-order valence-electron chi connectivity index (χ0n) is 16.4. The van der Waals surface area contributed by atoms with Gasteiger partial charge in [-0.05, 0) is 55.5 Å². The van der Waals surface area contributed by atoms with Crippen molar-refractivity contribution in [2.75, 3.05) is 0 Å². The third-order valence-corrected chi connectivity index (χ3v) is 5.57. The van der Waals surface area contributed by atoms with Crippen LogP contribution in [0.1, 0.15) is 41.6 Å². The van der Waals surface area contributed by atoms with Gasteiger partial charge in [-0.25, -0.2) is 9.78 Å². The van der Waals surface area contributed by atoms with E-state index in [-0.39, 0.29) is 35.5 Å². The van der Waals surface area contributed by atoms with E-state index in [1.807, 2.05) is 12.1 Å². The molecule has 4 rings (SSSR count). The summed E-state index contributed by atoms with van der Waals surface area (Å²) in [5.74, 6) is -0.561. The summed E-state index contributed by atoms with van der Waals surface area (Å²) in [6, 6.07) is 5.81. The number of carbonyl (C=O) groups is 3. The van der Waals surface area contributed by atoms with Crippen LogP contribution in [0.25, 0.3) is 0 Å². The lowest BCUT2D eigenvalue weighted by Crippen LogP contribution is -2.44. The number of imide groups is 1. The van der Waals surface area contributed by atoms with Crippen LogP contribution in [0.2, 0.25) is 0 Å². The first kappa shape index (κ1) is 19.8. The second-order valence-corrected chi connectivity index (χ2v) is 7.54. The minimum atomic E-state index is -0.591. The summed E-state index contributed by atoms with van der Waals surface area (Å²) < 4.78 is 5.89. The maximum Gasteiger partial charge on any atom is 0.325 e. The fourth-order valence-electron chi connectivity index (χ4n) is 4.04. The molecule has 1 saturated heterocycles. The van der Waals surface area contributed by atoms with Gasteiger partial charge in [-0.2, -0.15) is 0 Å². The van der Waals surface area contributed by atoms with Gasteiger partial charge < -0.3 is 15.8 Å². The van der Waals surface area contributed by atoms with Crippen LogP contribution < -0.4 is 15.8 Å². The van der Waals surface area contributed by atoms with E-state index in [0.29, 0.717) is 32.1 Å². The monoisotopic (exact) mass is 409 g/mol. The van der Waals surface area contributed by atoms with Crippen LogP contribution in [0.15, 0.2) is 42.9 Å². The highest BCUT2D eigenvalue weighted by molar-refractivity contribution is 6.04. The summed E-state index contributed by atoms with van der Waals surface area (Å²) in [5.41, 5.74) is 6.56. The van der Waals surface area contributed by atoms with E-state index in [2.05, 4.69) is 15.3 Å². The van der Waals surface area contributed by atoms with Crippen molar-refractivity contribution in [1.82, 2.24) is 20.2 Å². The van der Waals surface area contributed by atoms with Crippen LogP contribution >= 0.6 is 0 Å². The first-order chi connectivity index (χ1) is 14.5. The average molecular weight is 409 g/mol. The summed E-state index contributed by atoms with van der Waals surface area (Å²) >= 11 is 0. The molecule has 2 aromatic rings. The number of pyridine rings is 2. The van der Waals surface area contributed by atoms with Gasteiger partial charge in [0, 0.05) is 31.1 Å². The maximum absolute atomic E-state index is 12.8. The third-order valence-electron chi connectivity index (χ3n) is 5.57. The molecule has 0 bridgehead atoms. The quantitative estimate of drug-likeness (QED) is 0.695. The number of carbonyl (C=O) groups excluding carboxylic acids is 3. The van der Waals surface area contributed by atoms with Gasteiger partial charge in [0.15, 0.2) is 0 Å². The zero-order valence-corrected chi connectivity index (χ0v) is 16.4. The molecule has 2 fully saturated rings. The number of urea groups is 1. The van der Waals surface area contributed by atoms with Gasteiger partial charge in [0.05, 0.1) is 0 Å². The second-order valence-electron chi connectivity index (χ2n) is 7.54. The predicted octanol–water partition coefficient (Wildman–Crippen LogP) is 1.43. The largest absolute Gasteiger partial charge is 0.474 e. The molecule has 4 amide bonds. The van der Waals surface area contributed by atoms with E-state index in [1.54, 1.807) is 30.7 Å². The Hall–Kier alpha value is -3.49. The van der Waals surface area contributed by atoms with E-state index >= 15 is 0 Å². The smallest absolute Gasteiger partial charge is 0.325 e. The highest BCUT2D eigenvalue weighted by Gasteiger charge is 2.43. The fourth-order valence-corrected chi connectivity index (χ4v) is 4.04. The topological polar surface area (TPSA) is 128 Å². The Morgan fingerprint density at radius 2 is 1.87 bits per heavy atom. The van der Waals surface area contributed by atoms with Crippen molar-refractivity contribution in [2.45, 2.75) is 50.3 Å². The molecule has 3 N–H and O–H groups in total. The van der Waals surface area contributed by atoms with Gasteiger partial charge in [0.2, 0.25) is 5.88 Å². The standard InChI is InChI=1S/C21H23N5O4/c22-18(27)16-2-1-9-24-19(16)30-15-5-3-14(4-6-15)26-20(28)17(25-21(26)29)12-13-7-10-23-11-8-13/h1-2,7-11,14-15,17H,3-6,12H2,(H2,22,27)(H,25,29)/t14-,15-,17?. The van der Waals surface area contributed by atoms with Gasteiger partial charge in [0.25, 0.3) is 11.8 Å². The van der Waals surface area contributed by atoms with Crippen molar-refractivity contribution in [2.24, 2.45) is 5.73 Å². The lowest BCUT2D eigenvalue weighted by Gasteiger charge is -2.33. The first-order valence-electron chi connectivity index (χ1n) is 9.97. The van der Waals surface area contributed by atoms with Crippen molar-refractivity contribution in [1.29, 1.82) is 0 Å². The number of amides is 4. The van der Waals surface area contributed by atoms with Crippen molar-refractivity contribution in [3.05, 3.63) is 54.0 Å². The SMILES string of the molecule is NC(=O)c1cccnc1O[C@H]1CC[C@H](N2C(=O)NC(Cc3ccncc3)C2=O)CC1. The van der Waals surface area contributed by atoms with Crippen molar-refractivity contribution < 1.29 is 19.1 Å². The molecule has 0 spiro atoms. The minimum Gasteiger partial charge on any atom is -0.474 e. The van der Waals surface area contributed by atoms with E-state index < -0.39 is 11.9 Å². The normalized spacial score (nSPS) is 23.9. The number of hydrogen-bond acceptors (Lipinski definition) is 6. The fraction of sp³-hybridized carbons (Fsp3) is 0.381. The summed E-state index contributed by atoms with van der Waals surface area (Å²) in [4.78, 5) is 46.3. The third kappa shape index (κ3) is 4.10.